The lowest BCUT2D eigenvalue weighted by molar-refractivity contribution is -0.163. The zero-order valence-corrected chi connectivity index (χ0v) is 11.5. The summed E-state index contributed by atoms with van der Waals surface area (Å²) in [7, 11) is 0. The van der Waals surface area contributed by atoms with Gasteiger partial charge in [-0.3, -0.25) is 0 Å². The molecule has 0 amide bonds. The van der Waals surface area contributed by atoms with Crippen LogP contribution in [-0.4, -0.2) is 34.5 Å². The van der Waals surface area contributed by atoms with Crippen molar-refractivity contribution in [2.75, 3.05) is 13.2 Å². The Bertz CT molecular complexity index is 353. The fourth-order valence-electron chi connectivity index (χ4n) is 1.90. The monoisotopic (exact) mass is 273 g/mol. The smallest absolute Gasteiger partial charge is 0.157 e. The minimum absolute atomic E-state index is 0.0434. The van der Waals surface area contributed by atoms with Gasteiger partial charge >= 0.3 is 0 Å². The van der Waals surface area contributed by atoms with Crippen LogP contribution < -0.4 is 0 Å². The zero-order chi connectivity index (χ0) is 12.8. The van der Waals surface area contributed by atoms with Crippen LogP contribution in [0.15, 0.2) is 6.20 Å². The van der Waals surface area contributed by atoms with E-state index in [9.17, 15) is 0 Å². The molecule has 0 aromatic carbocycles. The number of hydrogen-bond acceptors (Lipinski definition) is 4. The summed E-state index contributed by atoms with van der Waals surface area (Å²) in [5.41, 5.74) is 0.827. The number of alkyl halides is 1. The summed E-state index contributed by atoms with van der Waals surface area (Å²) in [6, 6.07) is 0. The van der Waals surface area contributed by atoms with Crippen LogP contribution in [0.2, 0.25) is 0 Å². The van der Waals surface area contributed by atoms with Crippen molar-refractivity contribution >= 4 is 11.6 Å². The first-order valence-electron chi connectivity index (χ1n) is 6.57. The normalized spacial score (nSPS) is 22.0. The van der Waals surface area contributed by atoms with E-state index in [2.05, 4.69) is 10.3 Å². The van der Waals surface area contributed by atoms with E-state index in [1.165, 1.54) is 6.42 Å². The van der Waals surface area contributed by atoms with E-state index in [0.29, 0.717) is 13.2 Å². The summed E-state index contributed by atoms with van der Waals surface area (Å²) >= 11 is 6.09. The SMILES string of the molecule is CCC(Cl)c1cn(CCOC2CCCCO2)nn1. The van der Waals surface area contributed by atoms with E-state index in [-0.39, 0.29) is 11.7 Å². The van der Waals surface area contributed by atoms with Gasteiger partial charge in [0.1, 0.15) is 5.69 Å². The molecule has 2 unspecified atom stereocenters. The highest BCUT2D eigenvalue weighted by Crippen LogP contribution is 2.20. The number of halogens is 1. The summed E-state index contributed by atoms with van der Waals surface area (Å²) in [5.74, 6) is 0. The van der Waals surface area contributed by atoms with E-state index < -0.39 is 0 Å². The molecule has 0 radical (unpaired) electrons. The van der Waals surface area contributed by atoms with Gasteiger partial charge < -0.3 is 9.47 Å². The molecule has 5 nitrogen and oxygen atoms in total. The largest absolute Gasteiger partial charge is 0.353 e. The molecule has 102 valence electrons. The maximum Gasteiger partial charge on any atom is 0.157 e. The quantitative estimate of drug-likeness (QED) is 0.748. The molecule has 0 bridgehead atoms. The Morgan fingerprint density at radius 2 is 2.50 bits per heavy atom. The zero-order valence-electron chi connectivity index (χ0n) is 10.7. The first-order chi connectivity index (χ1) is 8.79. The van der Waals surface area contributed by atoms with E-state index in [4.69, 9.17) is 21.1 Å². The molecule has 2 rings (SSSR count). The summed E-state index contributed by atoms with van der Waals surface area (Å²) < 4.78 is 12.9. The van der Waals surface area contributed by atoms with Crippen molar-refractivity contribution in [3.63, 3.8) is 0 Å². The predicted molar refractivity (Wildman–Crippen MR) is 68.5 cm³/mol. The van der Waals surface area contributed by atoms with Crippen molar-refractivity contribution in [1.82, 2.24) is 15.0 Å². The van der Waals surface area contributed by atoms with Crippen molar-refractivity contribution in [2.45, 2.75) is 50.8 Å². The predicted octanol–water partition coefficient (Wildman–Crippen LogP) is 2.51. The van der Waals surface area contributed by atoms with Gasteiger partial charge in [-0.1, -0.05) is 12.1 Å². The molecule has 1 aliphatic heterocycles. The molecule has 1 saturated heterocycles. The summed E-state index contributed by atoms with van der Waals surface area (Å²) in [6.45, 7) is 4.11. The van der Waals surface area contributed by atoms with Crippen LogP contribution in [0.3, 0.4) is 0 Å². The molecule has 1 fully saturated rings. The van der Waals surface area contributed by atoms with Gasteiger partial charge in [0.15, 0.2) is 6.29 Å². The van der Waals surface area contributed by atoms with Crippen LogP contribution in [-0.2, 0) is 16.0 Å². The van der Waals surface area contributed by atoms with Gasteiger partial charge in [-0.25, -0.2) is 4.68 Å². The van der Waals surface area contributed by atoms with Gasteiger partial charge in [0.05, 0.1) is 24.7 Å². The second kappa shape index (κ2) is 7.07. The Balaban J connectivity index is 1.71. The van der Waals surface area contributed by atoms with Crippen LogP contribution in [0.5, 0.6) is 0 Å². The second-order valence-electron chi connectivity index (χ2n) is 4.45. The third-order valence-corrected chi connectivity index (χ3v) is 3.53. The third kappa shape index (κ3) is 3.93. The van der Waals surface area contributed by atoms with Crippen LogP contribution >= 0.6 is 11.6 Å². The molecular weight excluding hydrogens is 254 g/mol. The molecule has 2 heterocycles. The lowest BCUT2D eigenvalue weighted by atomic mass is 10.2. The van der Waals surface area contributed by atoms with Crippen molar-refractivity contribution in [3.8, 4) is 0 Å². The van der Waals surface area contributed by atoms with E-state index in [1.54, 1.807) is 4.68 Å². The van der Waals surface area contributed by atoms with E-state index in [1.807, 2.05) is 13.1 Å². The molecule has 1 aromatic heterocycles. The van der Waals surface area contributed by atoms with Gasteiger partial charge in [-0.2, -0.15) is 0 Å². The second-order valence-corrected chi connectivity index (χ2v) is 4.98. The molecule has 2 atom stereocenters. The average Bonchev–Trinajstić information content (AvgIpc) is 2.88. The maximum absolute atomic E-state index is 6.09. The Hall–Kier alpha value is -0.650. The Kier molecular flexibility index (Phi) is 5.41. The summed E-state index contributed by atoms with van der Waals surface area (Å²) in [5, 5.41) is 8.02. The fraction of sp³-hybridized carbons (Fsp3) is 0.833. The summed E-state index contributed by atoms with van der Waals surface area (Å²) in [4.78, 5) is 0. The highest BCUT2D eigenvalue weighted by atomic mass is 35.5. The summed E-state index contributed by atoms with van der Waals surface area (Å²) in [6.07, 6.45) is 6.00. The van der Waals surface area contributed by atoms with Crippen molar-refractivity contribution in [1.29, 1.82) is 0 Å². The van der Waals surface area contributed by atoms with Crippen molar-refractivity contribution < 1.29 is 9.47 Å². The Morgan fingerprint density at radius 1 is 1.61 bits per heavy atom. The molecule has 0 N–H and O–H groups in total. The molecule has 1 aromatic rings. The standard InChI is InChI=1S/C12H20ClN3O2/c1-2-10(13)11-9-16(15-14-11)6-8-18-12-5-3-4-7-17-12/h9-10,12H,2-8H2,1H3. The fourth-order valence-corrected chi connectivity index (χ4v) is 2.00. The molecule has 6 heteroatoms. The topological polar surface area (TPSA) is 49.2 Å². The average molecular weight is 274 g/mol. The lowest BCUT2D eigenvalue weighted by Crippen LogP contribution is -2.24. The number of aromatic nitrogens is 3. The lowest BCUT2D eigenvalue weighted by Gasteiger charge is -2.22. The molecule has 1 aliphatic rings. The number of rotatable bonds is 6. The minimum atomic E-state index is -0.0543. The third-order valence-electron chi connectivity index (χ3n) is 3.00. The number of nitrogens with zero attached hydrogens (tertiary/aromatic N) is 3. The number of hydrogen-bond donors (Lipinski definition) is 0. The maximum atomic E-state index is 6.09. The first kappa shape index (κ1) is 13.8. The van der Waals surface area contributed by atoms with Gasteiger partial charge in [0.25, 0.3) is 0 Å². The minimum Gasteiger partial charge on any atom is -0.353 e. The molecule has 18 heavy (non-hydrogen) atoms. The molecular formula is C12H20ClN3O2. The number of ether oxygens (including phenoxy) is 2. The van der Waals surface area contributed by atoms with Gasteiger partial charge in [0, 0.05) is 6.61 Å². The van der Waals surface area contributed by atoms with E-state index in [0.717, 1.165) is 31.6 Å². The molecule has 0 aliphatic carbocycles. The highest BCUT2D eigenvalue weighted by Gasteiger charge is 2.14. The molecule has 0 spiro atoms. The van der Waals surface area contributed by atoms with Crippen LogP contribution in [0.4, 0.5) is 0 Å². The Morgan fingerprint density at radius 3 is 3.22 bits per heavy atom. The van der Waals surface area contributed by atoms with Crippen molar-refractivity contribution in [3.05, 3.63) is 11.9 Å². The van der Waals surface area contributed by atoms with Gasteiger partial charge in [-0.15, -0.1) is 16.7 Å². The Labute approximate surface area is 112 Å². The van der Waals surface area contributed by atoms with Crippen molar-refractivity contribution in [2.24, 2.45) is 0 Å². The van der Waals surface area contributed by atoms with E-state index >= 15 is 0 Å². The highest BCUT2D eigenvalue weighted by molar-refractivity contribution is 6.20. The van der Waals surface area contributed by atoms with Crippen LogP contribution in [0.1, 0.15) is 43.7 Å². The van der Waals surface area contributed by atoms with Gasteiger partial charge in [-0.05, 0) is 25.7 Å². The van der Waals surface area contributed by atoms with Crippen LogP contribution in [0.25, 0.3) is 0 Å². The van der Waals surface area contributed by atoms with Crippen LogP contribution in [0, 0.1) is 0 Å². The molecule has 0 saturated carbocycles. The van der Waals surface area contributed by atoms with Gasteiger partial charge in [0.2, 0.25) is 0 Å². The first-order valence-corrected chi connectivity index (χ1v) is 7.00.